The molecule has 1 aromatic carbocycles. The fourth-order valence-corrected chi connectivity index (χ4v) is 3.27. The Morgan fingerprint density at radius 2 is 1.96 bits per heavy atom. The minimum Gasteiger partial charge on any atom is -0.423 e. The van der Waals surface area contributed by atoms with Crippen LogP contribution in [-0.2, 0) is 19.4 Å². The number of hydrogen-bond donors (Lipinski definition) is 1. The molecule has 0 saturated heterocycles. The lowest BCUT2D eigenvalue weighted by Crippen LogP contribution is -2.02. The first kappa shape index (κ1) is 15.8. The third-order valence-corrected chi connectivity index (χ3v) is 4.94. The first-order valence-electron chi connectivity index (χ1n) is 7.15. The summed E-state index contributed by atoms with van der Waals surface area (Å²) >= 11 is 1.47. The normalized spacial score (nSPS) is 11.3. The van der Waals surface area contributed by atoms with Gasteiger partial charge >= 0.3 is 5.63 Å². The molecule has 2 heterocycles. The highest BCUT2D eigenvalue weighted by molar-refractivity contribution is 7.98. The molecule has 0 aliphatic carbocycles. The van der Waals surface area contributed by atoms with Gasteiger partial charge in [-0.2, -0.15) is 0 Å². The van der Waals surface area contributed by atoms with Gasteiger partial charge in [-0.15, -0.1) is 10.2 Å². The summed E-state index contributed by atoms with van der Waals surface area (Å²) in [5, 5.41) is 18.8. The smallest absolute Gasteiger partial charge is 0.336 e. The molecule has 7 heteroatoms. The molecular weight excluding hydrogens is 314 g/mol. The zero-order valence-electron chi connectivity index (χ0n) is 13.2. The van der Waals surface area contributed by atoms with E-state index < -0.39 is 0 Å². The summed E-state index contributed by atoms with van der Waals surface area (Å²) in [6.07, 6.45) is 0. The number of nitrogens with zero attached hydrogens (tertiary/aromatic N) is 3. The quantitative estimate of drug-likeness (QED) is 0.584. The zero-order chi connectivity index (χ0) is 16.6. The van der Waals surface area contributed by atoms with Crippen molar-refractivity contribution in [2.45, 2.75) is 31.4 Å². The van der Waals surface area contributed by atoms with E-state index in [1.165, 1.54) is 17.8 Å². The molecule has 0 aliphatic heterocycles. The predicted molar refractivity (Wildman–Crippen MR) is 88.4 cm³/mol. The number of rotatable bonds is 4. The van der Waals surface area contributed by atoms with Gasteiger partial charge in [0.05, 0.1) is 0 Å². The van der Waals surface area contributed by atoms with Gasteiger partial charge in [0, 0.05) is 24.3 Å². The Morgan fingerprint density at radius 1 is 1.22 bits per heavy atom. The number of aliphatic hydroxyl groups is 1. The van der Waals surface area contributed by atoms with Crippen molar-refractivity contribution in [1.29, 1.82) is 0 Å². The van der Waals surface area contributed by atoms with Crippen molar-refractivity contribution >= 4 is 22.7 Å². The largest absolute Gasteiger partial charge is 0.423 e. The van der Waals surface area contributed by atoms with Gasteiger partial charge in [-0.05, 0) is 42.7 Å². The molecule has 0 fully saturated rings. The van der Waals surface area contributed by atoms with Crippen LogP contribution in [0.2, 0.25) is 0 Å². The van der Waals surface area contributed by atoms with Crippen LogP contribution >= 0.6 is 11.8 Å². The van der Waals surface area contributed by atoms with Crippen molar-refractivity contribution in [1.82, 2.24) is 14.8 Å². The average Bonchev–Trinajstić information content (AvgIpc) is 2.87. The highest BCUT2D eigenvalue weighted by Crippen LogP contribution is 2.27. The molecule has 0 amide bonds. The maximum atomic E-state index is 11.8. The predicted octanol–water partition coefficient (Wildman–Crippen LogP) is 2.32. The topological polar surface area (TPSA) is 81.2 Å². The van der Waals surface area contributed by atoms with E-state index in [0.717, 1.165) is 22.1 Å². The highest BCUT2D eigenvalue weighted by atomic mass is 32.2. The molecule has 0 atom stereocenters. The molecule has 1 N–H and O–H groups in total. The van der Waals surface area contributed by atoms with Crippen LogP contribution < -0.4 is 5.63 Å². The van der Waals surface area contributed by atoms with Gasteiger partial charge in [0.25, 0.3) is 0 Å². The monoisotopic (exact) mass is 331 g/mol. The first-order chi connectivity index (χ1) is 11.0. The fraction of sp³-hybridized carbons (Fsp3) is 0.312. The Bertz CT molecular complexity index is 930. The summed E-state index contributed by atoms with van der Waals surface area (Å²) in [5.41, 5.74) is 3.39. The summed E-state index contributed by atoms with van der Waals surface area (Å²) in [6.45, 7) is 3.87. The lowest BCUT2D eigenvalue weighted by atomic mass is 10.0. The zero-order valence-corrected chi connectivity index (χ0v) is 14.0. The van der Waals surface area contributed by atoms with E-state index in [9.17, 15) is 4.79 Å². The van der Waals surface area contributed by atoms with Crippen molar-refractivity contribution in [3.05, 3.63) is 51.1 Å². The Balaban J connectivity index is 1.97. The minimum absolute atomic E-state index is 0.152. The van der Waals surface area contributed by atoms with Crippen LogP contribution in [0, 0.1) is 13.8 Å². The van der Waals surface area contributed by atoms with Crippen LogP contribution in [0.3, 0.4) is 0 Å². The van der Waals surface area contributed by atoms with E-state index in [4.69, 9.17) is 9.52 Å². The second-order valence-corrected chi connectivity index (χ2v) is 6.37. The molecule has 0 saturated carbocycles. The van der Waals surface area contributed by atoms with Gasteiger partial charge in [0.15, 0.2) is 11.0 Å². The highest BCUT2D eigenvalue weighted by Gasteiger charge is 2.12. The first-order valence-corrected chi connectivity index (χ1v) is 8.14. The molecule has 3 aromatic rings. The number of aryl methyl sites for hydroxylation is 2. The van der Waals surface area contributed by atoms with E-state index in [0.29, 0.717) is 22.3 Å². The number of hydrogen-bond acceptors (Lipinski definition) is 6. The third kappa shape index (κ3) is 3.02. The second kappa shape index (κ2) is 6.17. The number of benzene rings is 1. The molecule has 0 radical (unpaired) electrons. The standard InChI is InChI=1S/C16H17N3O3S/c1-9-4-12-11(6-15(21)22-13(12)5-10(9)2)8-23-16-18-17-14(7-20)19(16)3/h4-6,20H,7-8H2,1-3H3. The molecule has 0 aliphatic rings. The molecule has 0 bridgehead atoms. The van der Waals surface area contributed by atoms with E-state index in [2.05, 4.69) is 10.2 Å². The SMILES string of the molecule is Cc1cc2oc(=O)cc(CSc3nnc(CO)n3C)c2cc1C. The summed E-state index contributed by atoms with van der Waals surface area (Å²) in [6, 6.07) is 5.46. The minimum atomic E-state index is -0.356. The number of aromatic nitrogens is 3. The van der Waals surface area contributed by atoms with E-state index in [1.807, 2.05) is 26.0 Å². The van der Waals surface area contributed by atoms with Gasteiger partial charge < -0.3 is 14.1 Å². The molecule has 3 rings (SSSR count). The van der Waals surface area contributed by atoms with E-state index in [1.54, 1.807) is 11.6 Å². The van der Waals surface area contributed by atoms with Crippen LogP contribution in [0.1, 0.15) is 22.5 Å². The molecule has 0 spiro atoms. The average molecular weight is 331 g/mol. The molecule has 0 unspecified atom stereocenters. The summed E-state index contributed by atoms with van der Waals surface area (Å²) in [7, 11) is 1.80. The summed E-state index contributed by atoms with van der Waals surface area (Å²) < 4.78 is 7.05. The molecule has 23 heavy (non-hydrogen) atoms. The van der Waals surface area contributed by atoms with Crippen molar-refractivity contribution < 1.29 is 9.52 Å². The van der Waals surface area contributed by atoms with E-state index in [-0.39, 0.29) is 12.2 Å². The van der Waals surface area contributed by atoms with Gasteiger partial charge in [-0.25, -0.2) is 4.79 Å². The van der Waals surface area contributed by atoms with Crippen molar-refractivity contribution in [2.24, 2.45) is 7.05 Å². The molecule has 120 valence electrons. The van der Waals surface area contributed by atoms with Crippen molar-refractivity contribution in [3.8, 4) is 0 Å². The number of aliphatic hydroxyl groups excluding tert-OH is 1. The van der Waals surface area contributed by atoms with Crippen LogP contribution in [0.5, 0.6) is 0 Å². The number of thioether (sulfide) groups is 1. The Labute approximate surface area is 137 Å². The number of fused-ring (bicyclic) bond motifs is 1. The molecule has 6 nitrogen and oxygen atoms in total. The van der Waals surface area contributed by atoms with E-state index >= 15 is 0 Å². The Morgan fingerprint density at radius 3 is 2.65 bits per heavy atom. The lowest BCUT2D eigenvalue weighted by Gasteiger charge is -2.08. The second-order valence-electron chi connectivity index (χ2n) is 5.43. The fourth-order valence-electron chi connectivity index (χ4n) is 2.35. The van der Waals surface area contributed by atoms with Crippen LogP contribution in [0.25, 0.3) is 11.0 Å². The van der Waals surface area contributed by atoms with Gasteiger partial charge in [-0.3, -0.25) is 0 Å². The van der Waals surface area contributed by atoms with Crippen molar-refractivity contribution in [3.63, 3.8) is 0 Å². The molecule has 2 aromatic heterocycles. The van der Waals surface area contributed by atoms with Crippen LogP contribution in [0.15, 0.2) is 32.6 Å². The lowest BCUT2D eigenvalue weighted by molar-refractivity contribution is 0.266. The van der Waals surface area contributed by atoms with Crippen molar-refractivity contribution in [2.75, 3.05) is 0 Å². The maximum absolute atomic E-state index is 11.8. The van der Waals surface area contributed by atoms with Gasteiger partial charge in [0.1, 0.15) is 12.2 Å². The Hall–Kier alpha value is -2.12. The van der Waals surface area contributed by atoms with Gasteiger partial charge in [0.2, 0.25) is 0 Å². The van der Waals surface area contributed by atoms with Crippen LogP contribution in [-0.4, -0.2) is 19.9 Å². The van der Waals surface area contributed by atoms with Crippen LogP contribution in [0.4, 0.5) is 0 Å². The summed E-state index contributed by atoms with van der Waals surface area (Å²) in [5.74, 6) is 1.08. The summed E-state index contributed by atoms with van der Waals surface area (Å²) in [4.78, 5) is 11.8. The van der Waals surface area contributed by atoms with Gasteiger partial charge in [-0.1, -0.05) is 11.8 Å². The molecular formula is C16H17N3O3S. The Kier molecular flexibility index (Phi) is 4.23. The maximum Gasteiger partial charge on any atom is 0.336 e. The third-order valence-electron chi connectivity index (χ3n) is 3.87.